The predicted molar refractivity (Wildman–Crippen MR) is 240 cm³/mol. The molecule has 0 bridgehead atoms. The van der Waals surface area contributed by atoms with E-state index in [1.807, 2.05) is 36.7 Å². The van der Waals surface area contributed by atoms with Crippen LogP contribution in [0.25, 0.3) is 33.4 Å². The third kappa shape index (κ3) is 6.32. The van der Waals surface area contributed by atoms with Crippen LogP contribution in [0.4, 0.5) is 0 Å². The lowest BCUT2D eigenvalue weighted by Gasteiger charge is -2.51. The van der Waals surface area contributed by atoms with Crippen LogP contribution in [0.2, 0.25) is 0 Å². The van der Waals surface area contributed by atoms with E-state index in [0.29, 0.717) is 13.1 Å². The molecule has 0 saturated carbocycles. The molecule has 1 fully saturated rings. The van der Waals surface area contributed by atoms with Gasteiger partial charge in [-0.2, -0.15) is 0 Å². The standard InChI is InChI=1S/C48H44N6OS2.ClH/c1-31-16-12-17-32(2)42(31)56-46-40(38-24-14-26-50-44(38)53(46)36-20-8-6-9-21-36)48(35(5)49-28-29-52(48)30-55)41-39-25-15-27-51-45(39)54(37-22-10-7-11-23-37)47(41)57-43-33(3)18-13-19-34(43)4;/h6-27,30,35,49H,28-29H2,1-5H3;1H/t35-;/m0./s1. The summed E-state index contributed by atoms with van der Waals surface area (Å²) in [4.78, 5) is 28.8. The topological polar surface area (TPSA) is 68.0 Å². The lowest BCUT2D eigenvalue weighted by atomic mass is 9.74. The molecule has 4 aromatic carbocycles. The van der Waals surface area contributed by atoms with Gasteiger partial charge in [0.25, 0.3) is 0 Å². The predicted octanol–water partition coefficient (Wildman–Crippen LogP) is 11.0. The number of nitrogens with one attached hydrogen (secondary N) is 1. The molecule has 1 amide bonds. The number of aryl methyl sites for hydroxylation is 4. The van der Waals surface area contributed by atoms with Crippen molar-refractivity contribution in [3.05, 3.63) is 167 Å². The molecular weight excluding hydrogens is 776 g/mol. The minimum absolute atomic E-state index is 0. The lowest BCUT2D eigenvalue weighted by molar-refractivity contribution is -0.125. The van der Waals surface area contributed by atoms with Crippen molar-refractivity contribution in [2.24, 2.45) is 0 Å². The minimum Gasteiger partial charge on any atom is -0.328 e. The minimum atomic E-state index is -1.04. The van der Waals surface area contributed by atoms with Crippen molar-refractivity contribution < 1.29 is 4.79 Å². The van der Waals surface area contributed by atoms with Gasteiger partial charge in [0.2, 0.25) is 6.41 Å². The summed E-state index contributed by atoms with van der Waals surface area (Å²) in [6.07, 6.45) is 4.82. The van der Waals surface area contributed by atoms with Crippen molar-refractivity contribution in [2.75, 3.05) is 13.1 Å². The summed E-state index contributed by atoms with van der Waals surface area (Å²) in [5.74, 6) is 0. The maximum absolute atomic E-state index is 14.1. The van der Waals surface area contributed by atoms with Crippen LogP contribution in [0.5, 0.6) is 0 Å². The average molecular weight is 822 g/mol. The lowest BCUT2D eigenvalue weighted by Crippen LogP contribution is -2.64. The first-order chi connectivity index (χ1) is 27.8. The Morgan fingerprint density at radius 2 is 1.05 bits per heavy atom. The van der Waals surface area contributed by atoms with Crippen LogP contribution in [-0.4, -0.2) is 49.5 Å². The number of nitrogens with zero attached hydrogens (tertiary/aromatic N) is 5. The second kappa shape index (κ2) is 16.1. The number of aromatic nitrogens is 4. The van der Waals surface area contributed by atoms with Gasteiger partial charge >= 0.3 is 0 Å². The van der Waals surface area contributed by atoms with Crippen molar-refractivity contribution in [3.63, 3.8) is 0 Å². The number of halogens is 1. The zero-order chi connectivity index (χ0) is 39.3. The number of carbonyl (C=O) groups is 1. The molecule has 1 atom stereocenters. The Morgan fingerprint density at radius 1 is 0.621 bits per heavy atom. The van der Waals surface area contributed by atoms with E-state index in [1.54, 1.807) is 23.5 Å². The molecule has 292 valence electrons. The van der Waals surface area contributed by atoms with Crippen molar-refractivity contribution in [3.8, 4) is 11.4 Å². The Labute approximate surface area is 354 Å². The quantitative estimate of drug-likeness (QED) is 0.146. The Hall–Kier alpha value is -5.32. The number of hydrogen-bond donors (Lipinski definition) is 1. The van der Waals surface area contributed by atoms with E-state index < -0.39 is 5.54 Å². The molecule has 10 heteroatoms. The number of carbonyl (C=O) groups excluding carboxylic acids is 1. The number of fused-ring (bicyclic) bond motifs is 2. The van der Waals surface area contributed by atoms with Crippen molar-refractivity contribution in [1.82, 2.24) is 29.3 Å². The van der Waals surface area contributed by atoms with E-state index in [2.05, 4.69) is 151 Å². The van der Waals surface area contributed by atoms with Gasteiger partial charge in [-0.3, -0.25) is 13.9 Å². The van der Waals surface area contributed by atoms with Gasteiger partial charge in [0.15, 0.2) is 0 Å². The Bertz CT molecular complexity index is 2570. The van der Waals surface area contributed by atoms with E-state index in [4.69, 9.17) is 9.97 Å². The summed E-state index contributed by atoms with van der Waals surface area (Å²) >= 11 is 3.53. The normalized spacial score (nSPS) is 15.1. The Balaban J connectivity index is 0.00000469. The van der Waals surface area contributed by atoms with Gasteiger partial charge in [-0.25, -0.2) is 9.97 Å². The number of rotatable bonds is 9. The number of pyridine rings is 2. The largest absolute Gasteiger partial charge is 0.328 e. The monoisotopic (exact) mass is 820 g/mol. The fourth-order valence-electron chi connectivity index (χ4n) is 8.82. The van der Waals surface area contributed by atoms with E-state index in [9.17, 15) is 4.79 Å². The van der Waals surface area contributed by atoms with Crippen LogP contribution in [-0.2, 0) is 10.3 Å². The molecule has 1 N–H and O–H groups in total. The van der Waals surface area contributed by atoms with Gasteiger partial charge in [-0.05, 0) is 105 Å². The van der Waals surface area contributed by atoms with E-state index in [0.717, 1.165) is 61.0 Å². The molecular formula is C48H45ClN6OS2. The highest BCUT2D eigenvalue weighted by atomic mass is 35.5. The maximum atomic E-state index is 14.1. The summed E-state index contributed by atoms with van der Waals surface area (Å²) in [6.45, 7) is 12.1. The molecule has 1 aliphatic heterocycles. The number of amides is 1. The first kappa shape index (κ1) is 39.5. The van der Waals surface area contributed by atoms with E-state index in [1.165, 1.54) is 32.0 Å². The van der Waals surface area contributed by atoms with Crippen LogP contribution in [0, 0.1) is 27.7 Å². The second-order valence-electron chi connectivity index (χ2n) is 14.8. The third-order valence-corrected chi connectivity index (χ3v) is 14.2. The van der Waals surface area contributed by atoms with Gasteiger partial charge in [0.1, 0.15) is 16.8 Å². The summed E-state index contributed by atoms with van der Waals surface area (Å²) in [6, 6.07) is 42.1. The number of piperazine rings is 1. The van der Waals surface area contributed by atoms with Gasteiger partial charge in [-0.15, -0.1) is 12.4 Å². The third-order valence-electron chi connectivity index (χ3n) is 11.4. The van der Waals surface area contributed by atoms with Gasteiger partial charge in [0, 0.05) is 74.6 Å². The Morgan fingerprint density at radius 3 is 1.47 bits per heavy atom. The molecule has 0 radical (unpaired) electrons. The van der Waals surface area contributed by atoms with Crippen molar-refractivity contribution >= 4 is 64.4 Å². The van der Waals surface area contributed by atoms with Gasteiger partial charge < -0.3 is 10.2 Å². The zero-order valence-electron chi connectivity index (χ0n) is 33.1. The molecule has 9 rings (SSSR count). The molecule has 1 saturated heterocycles. The number of para-hydroxylation sites is 2. The highest BCUT2D eigenvalue weighted by Gasteiger charge is 2.54. The van der Waals surface area contributed by atoms with Crippen LogP contribution < -0.4 is 5.32 Å². The molecule has 7 nitrogen and oxygen atoms in total. The number of benzene rings is 4. The first-order valence-electron chi connectivity index (χ1n) is 19.4. The maximum Gasteiger partial charge on any atom is 0.210 e. The van der Waals surface area contributed by atoms with Crippen LogP contribution in [0.3, 0.4) is 0 Å². The van der Waals surface area contributed by atoms with Crippen molar-refractivity contribution in [2.45, 2.75) is 66.0 Å². The zero-order valence-corrected chi connectivity index (χ0v) is 35.6. The van der Waals surface area contributed by atoms with E-state index >= 15 is 0 Å². The van der Waals surface area contributed by atoms with Crippen LogP contribution >= 0.6 is 35.9 Å². The first-order valence-corrected chi connectivity index (χ1v) is 21.0. The SMILES string of the molecule is Cc1cccc(C)c1Sc1c(C2(c3c(Sc4c(C)cccc4C)n(-c4ccccc4)c4ncccc34)[C@H](C)NCCN2C=O)c2cccnc2n1-c1ccccc1.Cl. The van der Waals surface area contributed by atoms with Crippen molar-refractivity contribution in [1.29, 1.82) is 0 Å². The smallest absolute Gasteiger partial charge is 0.210 e. The van der Waals surface area contributed by atoms with Gasteiger partial charge in [0.05, 0.1) is 10.1 Å². The molecule has 1 aliphatic rings. The van der Waals surface area contributed by atoms with Crippen LogP contribution in [0.15, 0.2) is 154 Å². The molecule has 5 heterocycles. The second-order valence-corrected chi connectivity index (χ2v) is 16.8. The summed E-state index contributed by atoms with van der Waals surface area (Å²) < 4.78 is 4.61. The average Bonchev–Trinajstić information content (AvgIpc) is 3.74. The highest BCUT2D eigenvalue weighted by molar-refractivity contribution is 7.99. The summed E-state index contributed by atoms with van der Waals surface area (Å²) in [5.41, 5.74) is 9.47. The molecule has 0 unspecified atom stereocenters. The fourth-order valence-corrected chi connectivity index (χ4v) is 11.4. The Kier molecular flexibility index (Phi) is 11.0. The molecule has 0 aliphatic carbocycles. The summed E-state index contributed by atoms with van der Waals surface area (Å²) in [5, 5.41) is 7.92. The molecule has 8 aromatic rings. The highest BCUT2D eigenvalue weighted by Crippen LogP contribution is 2.56. The van der Waals surface area contributed by atoms with E-state index in [-0.39, 0.29) is 18.4 Å². The molecule has 4 aromatic heterocycles. The molecule has 0 spiro atoms. The van der Waals surface area contributed by atoms with Gasteiger partial charge in [-0.1, -0.05) is 96.3 Å². The fraction of sp³-hybridized carbons (Fsp3) is 0.188. The number of hydrogen-bond acceptors (Lipinski definition) is 6. The molecule has 58 heavy (non-hydrogen) atoms. The van der Waals surface area contributed by atoms with Crippen LogP contribution in [0.1, 0.15) is 40.3 Å². The summed E-state index contributed by atoms with van der Waals surface area (Å²) in [7, 11) is 0.